The van der Waals surface area contributed by atoms with Crippen molar-refractivity contribution in [3.8, 4) is 5.75 Å². The van der Waals surface area contributed by atoms with E-state index in [9.17, 15) is 13.2 Å². The predicted molar refractivity (Wildman–Crippen MR) is 96.1 cm³/mol. The molecule has 2 N–H and O–H groups in total. The number of rotatable bonds is 8. The highest BCUT2D eigenvalue weighted by Crippen LogP contribution is 2.38. The van der Waals surface area contributed by atoms with Gasteiger partial charge >= 0.3 is 0 Å². The normalized spacial score (nSPS) is 16.1. The summed E-state index contributed by atoms with van der Waals surface area (Å²) >= 11 is 1.13. The second-order valence-electron chi connectivity index (χ2n) is 5.47. The lowest BCUT2D eigenvalue weighted by molar-refractivity contribution is -0.108. The van der Waals surface area contributed by atoms with Gasteiger partial charge in [0.1, 0.15) is 22.9 Å². The average Bonchev–Trinajstić information content (AvgIpc) is 3.24. The van der Waals surface area contributed by atoms with Crippen molar-refractivity contribution in [3.05, 3.63) is 35.2 Å². The first-order valence-corrected chi connectivity index (χ1v) is 9.96. The summed E-state index contributed by atoms with van der Waals surface area (Å²) in [6, 6.07) is 6.25. The monoisotopic (exact) mass is 382 g/mol. The molecular formula is C16H18N2O5S2. The van der Waals surface area contributed by atoms with E-state index >= 15 is 0 Å². The van der Waals surface area contributed by atoms with Crippen molar-refractivity contribution in [2.45, 2.75) is 16.7 Å². The van der Waals surface area contributed by atoms with Crippen LogP contribution in [0, 0.1) is 0 Å². The van der Waals surface area contributed by atoms with Gasteiger partial charge in [-0.15, -0.1) is 11.3 Å². The maximum absolute atomic E-state index is 12.5. The Morgan fingerprint density at radius 3 is 2.92 bits per heavy atom. The van der Waals surface area contributed by atoms with Gasteiger partial charge in [0.15, 0.2) is 0 Å². The first-order valence-electron chi connectivity index (χ1n) is 7.60. The van der Waals surface area contributed by atoms with Crippen LogP contribution in [-0.2, 0) is 26.0 Å². The number of carbonyl (C=O) groups is 1. The molecule has 1 aliphatic heterocycles. The zero-order valence-corrected chi connectivity index (χ0v) is 15.2. The topological polar surface area (TPSA) is 93.7 Å². The fraction of sp³-hybridized carbons (Fsp3) is 0.312. The van der Waals surface area contributed by atoms with Gasteiger partial charge in [-0.05, 0) is 23.1 Å². The van der Waals surface area contributed by atoms with E-state index in [0.717, 1.165) is 23.2 Å². The molecule has 2 heterocycles. The maximum Gasteiger partial charge on any atom is 0.271 e. The lowest BCUT2D eigenvalue weighted by atomic mass is 10.1. The minimum absolute atomic E-state index is 0.219. The van der Waals surface area contributed by atoms with E-state index < -0.39 is 10.0 Å². The summed E-state index contributed by atoms with van der Waals surface area (Å²) in [7, 11) is -2.12. The number of benzene rings is 1. The van der Waals surface area contributed by atoms with Crippen LogP contribution < -0.4 is 14.8 Å². The number of anilines is 2. The van der Waals surface area contributed by atoms with E-state index in [1.54, 1.807) is 24.6 Å². The third-order valence-corrected chi connectivity index (χ3v) is 6.45. The molecule has 25 heavy (non-hydrogen) atoms. The molecule has 134 valence electrons. The van der Waals surface area contributed by atoms with Gasteiger partial charge in [0.25, 0.3) is 10.0 Å². The molecule has 2 aromatic rings. The molecule has 1 unspecified atom stereocenters. The Labute approximate surface area is 150 Å². The Morgan fingerprint density at radius 2 is 2.24 bits per heavy atom. The number of hydrogen-bond acceptors (Lipinski definition) is 7. The number of ether oxygens (including phenoxy) is 2. The van der Waals surface area contributed by atoms with Gasteiger partial charge in [0.05, 0.1) is 24.0 Å². The van der Waals surface area contributed by atoms with Crippen molar-refractivity contribution < 1.29 is 22.7 Å². The van der Waals surface area contributed by atoms with Gasteiger partial charge in [-0.25, -0.2) is 8.42 Å². The van der Waals surface area contributed by atoms with E-state index in [4.69, 9.17) is 9.47 Å². The van der Waals surface area contributed by atoms with Crippen LogP contribution in [0.25, 0.3) is 0 Å². The molecule has 0 saturated carbocycles. The Hall–Kier alpha value is -2.10. The summed E-state index contributed by atoms with van der Waals surface area (Å²) in [4.78, 5) is 11.1. The van der Waals surface area contributed by atoms with Gasteiger partial charge in [0, 0.05) is 19.6 Å². The minimum atomic E-state index is -3.70. The molecule has 3 rings (SSSR count). The summed E-state index contributed by atoms with van der Waals surface area (Å²) in [5, 5.41) is 4.74. The number of methoxy groups -OCH3 is 1. The third kappa shape index (κ3) is 3.94. The van der Waals surface area contributed by atoms with Crippen molar-refractivity contribution in [2.24, 2.45) is 0 Å². The Balaban J connectivity index is 1.93. The van der Waals surface area contributed by atoms with Crippen LogP contribution in [0.1, 0.15) is 5.56 Å². The largest absolute Gasteiger partial charge is 0.491 e. The zero-order chi connectivity index (χ0) is 17.9. The molecule has 0 saturated heterocycles. The molecule has 7 nitrogen and oxygen atoms in total. The number of sulfonamides is 1. The van der Waals surface area contributed by atoms with Crippen LogP contribution in [0.2, 0.25) is 0 Å². The second kappa shape index (κ2) is 7.42. The number of thiophene rings is 1. The minimum Gasteiger partial charge on any atom is -0.491 e. The summed E-state index contributed by atoms with van der Waals surface area (Å²) < 4.78 is 38.4. The van der Waals surface area contributed by atoms with Gasteiger partial charge in [-0.1, -0.05) is 6.07 Å². The second-order valence-corrected chi connectivity index (χ2v) is 8.33. The highest BCUT2D eigenvalue weighted by Gasteiger charge is 2.26. The molecule has 1 aliphatic rings. The van der Waals surface area contributed by atoms with E-state index in [1.165, 1.54) is 6.07 Å². The summed E-state index contributed by atoms with van der Waals surface area (Å²) in [6.45, 7) is 0.763. The zero-order valence-electron chi connectivity index (χ0n) is 13.5. The van der Waals surface area contributed by atoms with Crippen molar-refractivity contribution in [2.75, 3.05) is 30.4 Å². The first kappa shape index (κ1) is 17.7. The fourth-order valence-corrected chi connectivity index (χ4v) is 4.63. The quantitative estimate of drug-likeness (QED) is 0.536. The molecule has 9 heteroatoms. The highest BCUT2D eigenvalue weighted by atomic mass is 32.2. The molecule has 0 bridgehead atoms. The molecule has 1 atom stereocenters. The summed E-state index contributed by atoms with van der Waals surface area (Å²) in [6.07, 6.45) is 1.29. The Morgan fingerprint density at radius 1 is 1.40 bits per heavy atom. The SMILES string of the molecule is COCCOc1cc2c(c(NS(=O)(=O)c3cccs3)c1)NC(C=O)C2. The number of carbonyl (C=O) groups excluding carboxylic acids is 1. The number of aldehydes is 1. The number of fused-ring (bicyclic) bond motifs is 1. The standard InChI is InChI=1S/C16H18N2O5S2/c1-22-4-5-23-13-8-11-7-12(10-19)17-16(11)14(9-13)18-25(20,21)15-3-2-6-24-15/h2-3,6,8-10,12,17-18H,4-5,7H2,1H3. The van der Waals surface area contributed by atoms with Gasteiger partial charge in [0.2, 0.25) is 0 Å². The van der Waals surface area contributed by atoms with Crippen LogP contribution in [0.3, 0.4) is 0 Å². The molecular weight excluding hydrogens is 364 g/mol. The van der Waals surface area contributed by atoms with Crippen molar-refractivity contribution in [1.29, 1.82) is 0 Å². The highest BCUT2D eigenvalue weighted by molar-refractivity contribution is 7.94. The van der Waals surface area contributed by atoms with E-state index in [1.807, 2.05) is 6.07 Å². The van der Waals surface area contributed by atoms with Crippen molar-refractivity contribution >= 4 is 39.0 Å². The average molecular weight is 382 g/mol. The summed E-state index contributed by atoms with van der Waals surface area (Å²) in [5.41, 5.74) is 1.80. The van der Waals surface area contributed by atoms with Crippen LogP contribution in [-0.4, -0.2) is 41.1 Å². The van der Waals surface area contributed by atoms with Gasteiger partial charge in [-0.3, -0.25) is 4.72 Å². The van der Waals surface area contributed by atoms with Crippen LogP contribution in [0.5, 0.6) is 5.75 Å². The molecule has 0 radical (unpaired) electrons. The molecule has 0 aliphatic carbocycles. The van der Waals surface area contributed by atoms with Crippen LogP contribution in [0.4, 0.5) is 11.4 Å². The van der Waals surface area contributed by atoms with Gasteiger partial charge in [-0.2, -0.15) is 0 Å². The Bertz CT molecular complexity index is 850. The lowest BCUT2D eigenvalue weighted by Crippen LogP contribution is -2.17. The molecule has 0 fully saturated rings. The molecule has 0 spiro atoms. The van der Waals surface area contributed by atoms with Gasteiger partial charge < -0.3 is 19.6 Å². The van der Waals surface area contributed by atoms with Crippen LogP contribution >= 0.6 is 11.3 Å². The fourth-order valence-electron chi connectivity index (χ4n) is 2.58. The smallest absolute Gasteiger partial charge is 0.271 e. The predicted octanol–water partition coefficient (Wildman–Crippen LogP) is 2.11. The first-order chi connectivity index (χ1) is 12.0. The molecule has 0 amide bonds. The molecule has 1 aromatic heterocycles. The molecule has 1 aromatic carbocycles. The van der Waals surface area contributed by atoms with Crippen molar-refractivity contribution in [3.63, 3.8) is 0 Å². The van der Waals surface area contributed by atoms with Crippen LogP contribution in [0.15, 0.2) is 33.9 Å². The third-order valence-electron chi connectivity index (χ3n) is 3.69. The van der Waals surface area contributed by atoms with Crippen molar-refractivity contribution in [1.82, 2.24) is 0 Å². The van der Waals surface area contributed by atoms with E-state index in [-0.39, 0.29) is 10.3 Å². The number of nitrogens with one attached hydrogen (secondary N) is 2. The number of hydrogen-bond donors (Lipinski definition) is 2. The van der Waals surface area contributed by atoms with E-state index in [2.05, 4.69) is 10.0 Å². The summed E-state index contributed by atoms with van der Waals surface area (Å²) in [5.74, 6) is 0.521. The maximum atomic E-state index is 12.5. The Kier molecular flexibility index (Phi) is 5.26. The van der Waals surface area contributed by atoms with E-state index in [0.29, 0.717) is 36.8 Å². The lowest BCUT2D eigenvalue weighted by Gasteiger charge is -2.14.